The van der Waals surface area contributed by atoms with E-state index in [4.69, 9.17) is 10.1 Å². The van der Waals surface area contributed by atoms with Crippen LogP contribution >= 0.6 is 0 Å². The number of alkyl halides is 6. The van der Waals surface area contributed by atoms with Gasteiger partial charge in [0.15, 0.2) is 5.75 Å². The van der Waals surface area contributed by atoms with Crippen molar-refractivity contribution in [2.24, 2.45) is 0 Å². The first-order valence-electron chi connectivity index (χ1n) is 11.9. The molecule has 7 nitrogen and oxygen atoms in total. The predicted octanol–water partition coefficient (Wildman–Crippen LogP) is 5.53. The fourth-order valence-corrected chi connectivity index (χ4v) is 4.30. The quantitative estimate of drug-likeness (QED) is 0.284. The summed E-state index contributed by atoms with van der Waals surface area (Å²) in [5.41, 5.74) is -6.01. The number of benzene rings is 2. The minimum Gasteiger partial charge on any atom is -0.409 e. The van der Waals surface area contributed by atoms with Gasteiger partial charge in [-0.1, -0.05) is 0 Å². The largest absolute Gasteiger partial charge is 0.420 e. The van der Waals surface area contributed by atoms with Crippen LogP contribution in [-0.4, -0.2) is 60.6 Å². The van der Waals surface area contributed by atoms with Crippen molar-refractivity contribution >= 4 is 23.6 Å². The van der Waals surface area contributed by atoms with Crippen molar-refractivity contribution in [2.45, 2.75) is 37.8 Å². The minimum absolute atomic E-state index is 0.0617. The monoisotopic (exact) mass is 576 g/mol. The van der Waals surface area contributed by atoms with Crippen LogP contribution in [0.3, 0.4) is 0 Å². The highest BCUT2D eigenvalue weighted by atomic mass is 19.4. The average Bonchev–Trinajstić information content (AvgIpc) is 2.81. The van der Waals surface area contributed by atoms with Crippen LogP contribution in [0.15, 0.2) is 42.6 Å². The lowest BCUT2D eigenvalue weighted by atomic mass is 9.95. The number of nitrogens with one attached hydrogen (secondary N) is 2. The van der Waals surface area contributed by atoms with E-state index >= 15 is 0 Å². The van der Waals surface area contributed by atoms with Gasteiger partial charge in [-0.3, -0.25) is 4.90 Å². The van der Waals surface area contributed by atoms with Crippen LogP contribution in [0.25, 0.3) is 5.57 Å². The number of rotatable bonds is 8. The Labute approximate surface area is 225 Å². The molecule has 1 saturated heterocycles. The maximum Gasteiger partial charge on any atom is 0.420 e. The Morgan fingerprint density at radius 3 is 2.23 bits per heavy atom. The van der Waals surface area contributed by atoms with E-state index in [2.05, 4.69) is 5.32 Å². The second-order valence-electron chi connectivity index (χ2n) is 9.73. The molecule has 0 spiro atoms. The van der Waals surface area contributed by atoms with Gasteiger partial charge in [-0.25, -0.2) is 9.18 Å². The van der Waals surface area contributed by atoms with E-state index in [0.717, 1.165) is 23.2 Å². The first kappa shape index (κ1) is 30.9. The Hall–Kier alpha value is -3.65. The molecule has 0 aliphatic carbocycles. The molecule has 14 heteroatoms. The normalized spacial score (nSPS) is 15.9. The molecule has 0 saturated carbocycles. The van der Waals surface area contributed by atoms with Crippen molar-refractivity contribution in [3.63, 3.8) is 0 Å². The molecule has 2 aromatic rings. The fraction of sp³-hybridized carbons (Fsp3) is 0.385. The summed E-state index contributed by atoms with van der Waals surface area (Å²) in [6, 6.07) is 3.85. The zero-order valence-corrected chi connectivity index (χ0v) is 21.6. The number of hydrogen-bond acceptors (Lipinski definition) is 6. The number of halogens is 7. The number of allylic oxidation sites excluding steroid dienone is 1. The highest BCUT2D eigenvalue weighted by molar-refractivity contribution is 6.10. The van der Waals surface area contributed by atoms with Gasteiger partial charge in [-0.2, -0.15) is 26.3 Å². The predicted molar refractivity (Wildman–Crippen MR) is 134 cm³/mol. The van der Waals surface area contributed by atoms with Gasteiger partial charge in [0.1, 0.15) is 11.4 Å². The smallest absolute Gasteiger partial charge is 0.409 e. The highest BCUT2D eigenvalue weighted by Crippen LogP contribution is 2.44. The molecule has 1 heterocycles. The number of hydrogen-bond donors (Lipinski definition) is 3. The van der Waals surface area contributed by atoms with Gasteiger partial charge in [0, 0.05) is 54.9 Å². The van der Waals surface area contributed by atoms with Gasteiger partial charge < -0.3 is 25.5 Å². The van der Waals surface area contributed by atoms with Crippen LogP contribution in [-0.2, 0) is 12.4 Å². The molecule has 0 bridgehead atoms. The van der Waals surface area contributed by atoms with E-state index in [0.29, 0.717) is 12.3 Å². The zero-order chi connectivity index (χ0) is 30.0. The fourth-order valence-electron chi connectivity index (χ4n) is 4.30. The van der Waals surface area contributed by atoms with Crippen LogP contribution in [0, 0.1) is 11.2 Å². The summed E-state index contributed by atoms with van der Waals surface area (Å²) in [6.07, 6.45) is -10.5. The number of carbonyl (C=O) groups excluding carboxylic acids is 1. The number of likely N-dealkylation sites (tertiary alicyclic amines) is 1. The van der Waals surface area contributed by atoms with Crippen LogP contribution in [0.4, 0.5) is 41.2 Å². The molecule has 0 aromatic heterocycles. The molecule has 2 aromatic carbocycles. The summed E-state index contributed by atoms with van der Waals surface area (Å²) >= 11 is 0. The van der Waals surface area contributed by atoms with Crippen molar-refractivity contribution in [3.8, 4) is 5.75 Å². The lowest BCUT2D eigenvalue weighted by molar-refractivity contribution is -0.143. The van der Waals surface area contributed by atoms with Crippen molar-refractivity contribution in [3.05, 3.63) is 65.1 Å². The number of likely N-dealkylation sites (N-methyl/N-ethyl adjacent to an activating group) is 1. The van der Waals surface area contributed by atoms with Gasteiger partial charge in [0.05, 0.1) is 11.1 Å². The summed E-state index contributed by atoms with van der Waals surface area (Å²) in [6.45, 7) is 3.43. The van der Waals surface area contributed by atoms with E-state index in [9.17, 15) is 40.6 Å². The molecule has 3 rings (SSSR count). The third-order valence-electron chi connectivity index (χ3n) is 6.01. The zero-order valence-electron chi connectivity index (χ0n) is 21.6. The van der Waals surface area contributed by atoms with E-state index < -0.39 is 63.9 Å². The Kier molecular flexibility index (Phi) is 8.84. The number of anilines is 1. The molecular formula is C26H27F7N4O3. The van der Waals surface area contributed by atoms with Crippen LogP contribution in [0.1, 0.15) is 30.5 Å². The Morgan fingerprint density at radius 1 is 1.15 bits per heavy atom. The van der Waals surface area contributed by atoms with E-state index in [1.807, 2.05) is 0 Å². The van der Waals surface area contributed by atoms with Gasteiger partial charge in [-0.05, 0) is 57.3 Å². The van der Waals surface area contributed by atoms with Crippen molar-refractivity contribution in [1.29, 1.82) is 5.41 Å². The summed E-state index contributed by atoms with van der Waals surface area (Å²) in [7, 11) is 1.74. The molecule has 1 fully saturated rings. The van der Waals surface area contributed by atoms with Crippen molar-refractivity contribution < 1.29 is 45.4 Å². The third kappa shape index (κ3) is 7.10. The summed E-state index contributed by atoms with van der Waals surface area (Å²) < 4.78 is 102. The average molecular weight is 577 g/mol. The number of β-amino-alcohol motifs (C(OH)–C–C–N with tert-alkyl or cyclic N) is 1. The van der Waals surface area contributed by atoms with Gasteiger partial charge in [-0.15, -0.1) is 0 Å². The molecule has 1 aliphatic rings. The molecule has 3 N–H and O–H groups in total. The first-order chi connectivity index (χ1) is 18.4. The summed E-state index contributed by atoms with van der Waals surface area (Å²) in [5, 5.41) is 20.7. The number of nitrogens with zero attached hydrogens (tertiary/aromatic N) is 2. The first-order valence-corrected chi connectivity index (χ1v) is 11.9. The van der Waals surface area contributed by atoms with E-state index in [-0.39, 0.29) is 31.4 Å². The Morgan fingerprint density at radius 2 is 1.75 bits per heavy atom. The molecule has 0 unspecified atom stereocenters. The van der Waals surface area contributed by atoms with Gasteiger partial charge >= 0.3 is 18.4 Å². The molecule has 40 heavy (non-hydrogen) atoms. The minimum atomic E-state index is -5.39. The molecule has 0 atom stereocenters. The SMILES string of the molecule is CC(C)N(C(=O)Oc1c(/C(C=N)=C/NCC2(O)CN(C)C2)cc(C(F)(F)F)cc1C(F)(F)F)c1ccc(F)cc1. The van der Waals surface area contributed by atoms with Gasteiger partial charge in [0.25, 0.3) is 0 Å². The molecule has 1 aliphatic heterocycles. The Balaban J connectivity index is 2.13. The van der Waals surface area contributed by atoms with Crippen LogP contribution in [0.5, 0.6) is 5.75 Å². The third-order valence-corrected chi connectivity index (χ3v) is 6.01. The standard InChI is InChI=1S/C26H27F7N4O3/c1-15(2)37(19-6-4-18(27)5-7-19)23(38)40-22-20(8-17(25(28,29)30)9-21(22)26(31,32)33)16(10-34)11-35-12-24(39)13-36(3)14-24/h4-11,15,34-35,39H,12-14H2,1-3H3/b16-11+,34-10?. The number of amides is 1. The number of carbonyl (C=O) groups is 1. The van der Waals surface area contributed by atoms with Crippen LogP contribution in [0.2, 0.25) is 0 Å². The molecule has 218 valence electrons. The Bertz CT molecular complexity index is 1270. The molecular weight excluding hydrogens is 549 g/mol. The second kappa shape index (κ2) is 11.5. The summed E-state index contributed by atoms with van der Waals surface area (Å²) in [5.74, 6) is -1.89. The topological polar surface area (TPSA) is 88.9 Å². The molecule has 1 amide bonds. The van der Waals surface area contributed by atoms with Crippen LogP contribution < -0.4 is 15.0 Å². The number of aliphatic hydroxyl groups is 1. The maximum atomic E-state index is 14.1. The van der Waals surface area contributed by atoms with E-state index in [1.54, 1.807) is 11.9 Å². The lowest BCUT2D eigenvalue weighted by Gasteiger charge is -2.44. The van der Waals surface area contributed by atoms with Crippen molar-refractivity contribution in [2.75, 3.05) is 31.6 Å². The lowest BCUT2D eigenvalue weighted by Crippen LogP contribution is -2.64. The summed E-state index contributed by atoms with van der Waals surface area (Å²) in [4.78, 5) is 15.9. The maximum absolute atomic E-state index is 14.1. The molecule has 0 radical (unpaired) electrons. The van der Waals surface area contributed by atoms with Crippen molar-refractivity contribution in [1.82, 2.24) is 10.2 Å². The second-order valence-corrected chi connectivity index (χ2v) is 9.73. The highest BCUT2D eigenvalue weighted by Gasteiger charge is 2.42. The number of ether oxygens (including phenoxy) is 1. The van der Waals surface area contributed by atoms with Gasteiger partial charge in [0.2, 0.25) is 0 Å². The van der Waals surface area contributed by atoms with E-state index in [1.165, 1.54) is 26.0 Å².